The minimum Gasteiger partial charge on any atom is -0.399 e. The summed E-state index contributed by atoms with van der Waals surface area (Å²) in [4.78, 5) is 13.9. The van der Waals surface area contributed by atoms with Crippen LogP contribution in [0.2, 0.25) is 0 Å². The van der Waals surface area contributed by atoms with Crippen LogP contribution in [0.4, 0.5) is 5.69 Å². The summed E-state index contributed by atoms with van der Waals surface area (Å²) >= 11 is 0. The van der Waals surface area contributed by atoms with Crippen LogP contribution in [0.1, 0.15) is 28.8 Å². The zero-order valence-electron chi connectivity index (χ0n) is 8.99. The molecule has 3 nitrogen and oxygen atoms in total. The number of nitrogens with zero attached hydrogens (tertiary/aromatic N) is 1. The zero-order valence-corrected chi connectivity index (χ0v) is 8.99. The molecular weight excluding hydrogens is 188 g/mol. The number of anilines is 1. The lowest BCUT2D eigenvalue weighted by Crippen LogP contribution is -2.27. The van der Waals surface area contributed by atoms with E-state index in [1.807, 2.05) is 24.0 Å². The van der Waals surface area contributed by atoms with E-state index < -0.39 is 0 Å². The molecule has 80 valence electrons. The average Bonchev–Trinajstić information content (AvgIpc) is 2.74. The van der Waals surface area contributed by atoms with Crippen molar-refractivity contribution in [1.82, 2.24) is 4.90 Å². The normalized spacial score (nSPS) is 15.7. The molecule has 1 aromatic rings. The standard InChI is InChI=1S/C12H16N2O/c1-9-8-10(4-5-11(9)13)12(15)14-6-2-3-7-14/h4-5,8H,2-3,6-7,13H2,1H3. The summed E-state index contributed by atoms with van der Waals surface area (Å²) < 4.78 is 0. The molecule has 15 heavy (non-hydrogen) atoms. The van der Waals surface area contributed by atoms with Crippen LogP contribution < -0.4 is 5.73 Å². The van der Waals surface area contributed by atoms with Crippen LogP contribution in [-0.4, -0.2) is 23.9 Å². The second-order valence-electron chi connectivity index (χ2n) is 4.07. The second-order valence-corrected chi connectivity index (χ2v) is 4.07. The van der Waals surface area contributed by atoms with E-state index in [1.165, 1.54) is 0 Å². The molecule has 0 aromatic heterocycles. The molecule has 2 N–H and O–H groups in total. The monoisotopic (exact) mass is 204 g/mol. The number of aryl methyl sites for hydroxylation is 1. The Bertz CT molecular complexity index is 381. The van der Waals surface area contributed by atoms with Crippen molar-refractivity contribution in [3.63, 3.8) is 0 Å². The molecule has 0 bridgehead atoms. The average molecular weight is 204 g/mol. The molecule has 0 unspecified atom stereocenters. The maximum absolute atomic E-state index is 12.0. The smallest absolute Gasteiger partial charge is 0.253 e. The lowest BCUT2D eigenvalue weighted by molar-refractivity contribution is 0.0793. The molecule has 0 aliphatic carbocycles. The summed E-state index contributed by atoms with van der Waals surface area (Å²) in [5, 5.41) is 0. The van der Waals surface area contributed by atoms with Gasteiger partial charge in [-0.3, -0.25) is 4.79 Å². The fraction of sp³-hybridized carbons (Fsp3) is 0.417. The number of likely N-dealkylation sites (tertiary alicyclic amines) is 1. The molecule has 0 radical (unpaired) electrons. The van der Waals surface area contributed by atoms with Crippen molar-refractivity contribution in [2.24, 2.45) is 0 Å². The highest BCUT2D eigenvalue weighted by Gasteiger charge is 2.19. The topological polar surface area (TPSA) is 46.3 Å². The van der Waals surface area contributed by atoms with Gasteiger partial charge in [-0.1, -0.05) is 0 Å². The van der Waals surface area contributed by atoms with Crippen molar-refractivity contribution < 1.29 is 4.79 Å². The molecule has 1 heterocycles. The molecule has 1 amide bonds. The Labute approximate surface area is 89.9 Å². The van der Waals surface area contributed by atoms with Crippen molar-refractivity contribution in [2.75, 3.05) is 18.8 Å². The summed E-state index contributed by atoms with van der Waals surface area (Å²) in [6.07, 6.45) is 2.25. The van der Waals surface area contributed by atoms with Crippen molar-refractivity contribution in [1.29, 1.82) is 0 Å². The highest BCUT2D eigenvalue weighted by Crippen LogP contribution is 2.17. The van der Waals surface area contributed by atoms with Crippen LogP contribution >= 0.6 is 0 Å². The number of nitrogen functional groups attached to an aromatic ring is 1. The lowest BCUT2D eigenvalue weighted by Gasteiger charge is -2.15. The third kappa shape index (κ3) is 1.96. The largest absolute Gasteiger partial charge is 0.399 e. The number of carbonyl (C=O) groups excluding carboxylic acids is 1. The molecule has 3 heteroatoms. The van der Waals surface area contributed by atoms with Gasteiger partial charge < -0.3 is 10.6 Å². The minimum absolute atomic E-state index is 0.135. The van der Waals surface area contributed by atoms with Gasteiger partial charge >= 0.3 is 0 Å². The highest BCUT2D eigenvalue weighted by atomic mass is 16.2. The van der Waals surface area contributed by atoms with E-state index in [-0.39, 0.29) is 5.91 Å². The molecule has 1 aliphatic rings. The predicted molar refractivity (Wildman–Crippen MR) is 60.7 cm³/mol. The van der Waals surface area contributed by atoms with E-state index in [0.717, 1.165) is 42.7 Å². The number of hydrogen-bond acceptors (Lipinski definition) is 2. The summed E-state index contributed by atoms with van der Waals surface area (Å²) in [5.41, 5.74) is 8.19. The number of carbonyl (C=O) groups is 1. The van der Waals surface area contributed by atoms with Crippen molar-refractivity contribution in [2.45, 2.75) is 19.8 Å². The first-order chi connectivity index (χ1) is 7.18. The fourth-order valence-electron chi connectivity index (χ4n) is 1.91. The zero-order chi connectivity index (χ0) is 10.8. The summed E-state index contributed by atoms with van der Waals surface area (Å²) in [6, 6.07) is 5.48. The van der Waals surface area contributed by atoms with Crippen LogP contribution in [-0.2, 0) is 0 Å². The molecule has 1 saturated heterocycles. The van der Waals surface area contributed by atoms with Crippen LogP contribution in [0.3, 0.4) is 0 Å². The minimum atomic E-state index is 0.135. The lowest BCUT2D eigenvalue weighted by atomic mass is 10.1. The van der Waals surface area contributed by atoms with E-state index in [9.17, 15) is 4.79 Å². The van der Waals surface area contributed by atoms with Gasteiger partial charge in [0.25, 0.3) is 5.91 Å². The van der Waals surface area contributed by atoms with Crippen LogP contribution in [0, 0.1) is 6.92 Å². The van der Waals surface area contributed by atoms with Gasteiger partial charge in [-0.05, 0) is 43.5 Å². The first-order valence-electron chi connectivity index (χ1n) is 5.34. The Morgan fingerprint density at radius 3 is 2.60 bits per heavy atom. The molecule has 1 fully saturated rings. The van der Waals surface area contributed by atoms with E-state index in [4.69, 9.17) is 5.73 Å². The molecule has 1 aliphatic heterocycles. The van der Waals surface area contributed by atoms with E-state index in [2.05, 4.69) is 0 Å². The SMILES string of the molecule is Cc1cc(C(=O)N2CCCC2)ccc1N. The van der Waals surface area contributed by atoms with Gasteiger partial charge in [-0.25, -0.2) is 0 Å². The Morgan fingerprint density at radius 2 is 2.00 bits per heavy atom. The summed E-state index contributed by atoms with van der Waals surface area (Å²) in [7, 11) is 0. The van der Waals surface area contributed by atoms with E-state index in [0.29, 0.717) is 0 Å². The van der Waals surface area contributed by atoms with Gasteiger partial charge in [-0.2, -0.15) is 0 Å². The number of amides is 1. The number of hydrogen-bond donors (Lipinski definition) is 1. The Kier molecular flexibility index (Phi) is 2.62. The van der Waals surface area contributed by atoms with E-state index in [1.54, 1.807) is 6.07 Å². The third-order valence-electron chi connectivity index (χ3n) is 2.91. The van der Waals surface area contributed by atoms with Crippen LogP contribution in [0.5, 0.6) is 0 Å². The van der Waals surface area contributed by atoms with Crippen molar-refractivity contribution in [3.05, 3.63) is 29.3 Å². The maximum Gasteiger partial charge on any atom is 0.253 e. The Balaban J connectivity index is 2.21. The van der Waals surface area contributed by atoms with Gasteiger partial charge in [0.2, 0.25) is 0 Å². The quantitative estimate of drug-likeness (QED) is 0.709. The fourth-order valence-corrected chi connectivity index (χ4v) is 1.91. The molecule has 0 spiro atoms. The second kappa shape index (κ2) is 3.93. The van der Waals surface area contributed by atoms with Crippen LogP contribution in [0.15, 0.2) is 18.2 Å². The van der Waals surface area contributed by atoms with E-state index >= 15 is 0 Å². The highest BCUT2D eigenvalue weighted by molar-refractivity contribution is 5.95. The predicted octanol–water partition coefficient (Wildman–Crippen LogP) is 1.81. The Morgan fingerprint density at radius 1 is 1.33 bits per heavy atom. The Hall–Kier alpha value is -1.51. The van der Waals surface area contributed by atoms with Gasteiger partial charge in [0.1, 0.15) is 0 Å². The maximum atomic E-state index is 12.0. The van der Waals surface area contributed by atoms with Crippen LogP contribution in [0.25, 0.3) is 0 Å². The van der Waals surface area contributed by atoms with Crippen molar-refractivity contribution in [3.8, 4) is 0 Å². The molecule has 0 atom stereocenters. The first kappa shape index (κ1) is 10.0. The number of benzene rings is 1. The first-order valence-corrected chi connectivity index (χ1v) is 5.34. The number of nitrogens with two attached hydrogens (primary N) is 1. The van der Waals surface area contributed by atoms with Gasteiger partial charge in [0.15, 0.2) is 0 Å². The molecular formula is C12H16N2O. The number of rotatable bonds is 1. The molecule has 0 saturated carbocycles. The summed E-state index contributed by atoms with van der Waals surface area (Å²) in [6.45, 7) is 3.71. The molecule has 2 rings (SSSR count). The molecule has 1 aromatic carbocycles. The van der Waals surface area contributed by atoms with Gasteiger partial charge in [-0.15, -0.1) is 0 Å². The van der Waals surface area contributed by atoms with Gasteiger partial charge in [0, 0.05) is 24.3 Å². The third-order valence-corrected chi connectivity index (χ3v) is 2.91. The van der Waals surface area contributed by atoms with Gasteiger partial charge in [0.05, 0.1) is 0 Å². The summed E-state index contributed by atoms with van der Waals surface area (Å²) in [5.74, 6) is 0.135. The van der Waals surface area contributed by atoms with Crippen molar-refractivity contribution >= 4 is 11.6 Å².